The number of nitrogens with one attached hydrogen (secondary N) is 3. The molecule has 2 aromatic rings. The smallest absolute Gasteiger partial charge is 0.238 e. The third-order valence-corrected chi connectivity index (χ3v) is 4.59. The number of nitrogens with two attached hydrogens (primary N) is 1. The topological polar surface area (TPSA) is 126 Å². The van der Waals surface area contributed by atoms with Gasteiger partial charge >= 0.3 is 0 Å². The average Bonchev–Trinajstić information content (AvgIpc) is 3.16. The molecule has 144 valence electrons. The molecule has 0 unspecified atom stereocenters. The molecular formula is C17H23N7O2S. The molecule has 9 nitrogen and oxygen atoms in total. The van der Waals surface area contributed by atoms with Crippen LogP contribution in [0.3, 0.4) is 0 Å². The lowest BCUT2D eigenvalue weighted by molar-refractivity contribution is 0.598. The summed E-state index contributed by atoms with van der Waals surface area (Å²) >= 11 is 0. The van der Waals surface area contributed by atoms with Crippen molar-refractivity contribution in [3.8, 4) is 0 Å². The van der Waals surface area contributed by atoms with E-state index >= 15 is 0 Å². The second-order valence-corrected chi connectivity index (χ2v) is 7.01. The Bertz CT molecular complexity index is 979. The molecule has 0 saturated carbocycles. The molecule has 27 heavy (non-hydrogen) atoms. The van der Waals surface area contributed by atoms with Crippen LogP contribution in [0.25, 0.3) is 0 Å². The quantitative estimate of drug-likeness (QED) is 0.555. The molecule has 1 aliphatic rings. The van der Waals surface area contributed by atoms with Gasteiger partial charge in [0.2, 0.25) is 10.0 Å². The number of hydrogen-bond acceptors (Lipinski definition) is 7. The predicted molar refractivity (Wildman–Crippen MR) is 105 cm³/mol. The fourth-order valence-corrected chi connectivity index (χ4v) is 2.97. The number of hydrogen-bond donors (Lipinski definition) is 4. The highest BCUT2D eigenvalue weighted by Gasteiger charge is 2.09. The van der Waals surface area contributed by atoms with Crippen molar-refractivity contribution < 1.29 is 8.42 Å². The summed E-state index contributed by atoms with van der Waals surface area (Å²) in [4.78, 5) is 8.71. The van der Waals surface area contributed by atoms with E-state index in [1.807, 2.05) is 17.0 Å². The van der Waals surface area contributed by atoms with E-state index in [1.165, 1.54) is 17.7 Å². The predicted octanol–water partition coefficient (Wildman–Crippen LogP) is 0.599. The average molecular weight is 389 g/mol. The molecule has 1 aromatic carbocycles. The number of nitrogens with zero attached hydrogens (tertiary/aromatic N) is 3. The molecule has 0 fully saturated rings. The van der Waals surface area contributed by atoms with Gasteiger partial charge in [-0.15, -0.1) is 13.2 Å². The highest BCUT2D eigenvalue weighted by atomic mass is 32.2. The van der Waals surface area contributed by atoms with Crippen molar-refractivity contribution >= 4 is 21.5 Å². The Morgan fingerprint density at radius 2 is 2.04 bits per heavy atom. The van der Waals surface area contributed by atoms with Crippen molar-refractivity contribution in [3.05, 3.63) is 67.1 Å². The zero-order valence-corrected chi connectivity index (χ0v) is 15.8. The number of rotatable bonds is 5. The summed E-state index contributed by atoms with van der Waals surface area (Å²) in [6.07, 6.45) is 5.47. The minimum absolute atomic E-state index is 0.0581. The number of aromatic nitrogens is 2. The highest BCUT2D eigenvalue weighted by molar-refractivity contribution is 7.89. The van der Waals surface area contributed by atoms with Crippen molar-refractivity contribution in [3.63, 3.8) is 0 Å². The van der Waals surface area contributed by atoms with Gasteiger partial charge in [-0.25, -0.2) is 24.0 Å². The molecule has 5 N–H and O–H groups in total. The molecule has 0 amide bonds. The van der Waals surface area contributed by atoms with Crippen LogP contribution >= 0.6 is 0 Å². The first-order chi connectivity index (χ1) is 13.0. The van der Waals surface area contributed by atoms with Crippen LogP contribution in [-0.2, 0) is 16.6 Å². The second-order valence-electron chi connectivity index (χ2n) is 5.45. The number of hydrazine groups is 1. The van der Waals surface area contributed by atoms with Gasteiger partial charge in [0.15, 0.2) is 11.3 Å². The molecule has 0 spiro atoms. The zero-order chi connectivity index (χ0) is 19.9. The standard InChI is InChI=1S/C15H19N7O2S.C2H4/c1-17-15-14(18-6-7-22(15)10-11-8-19-20-9-11)21-12-2-4-13(5-3-12)25(16,23)24;1-2/h2-8,19-20H,9-10H2,1H3,(H,18,21)(H2,16,23,24);1-2H2. The van der Waals surface area contributed by atoms with Gasteiger partial charge in [-0.05, 0) is 29.8 Å². The molecule has 0 atom stereocenters. The summed E-state index contributed by atoms with van der Waals surface area (Å²) in [6, 6.07) is 6.15. The van der Waals surface area contributed by atoms with Gasteiger partial charge in [0.25, 0.3) is 0 Å². The Morgan fingerprint density at radius 3 is 2.59 bits per heavy atom. The fourth-order valence-electron chi connectivity index (χ4n) is 2.46. The first kappa shape index (κ1) is 20.4. The summed E-state index contributed by atoms with van der Waals surface area (Å²) in [6.45, 7) is 7.44. The maximum absolute atomic E-state index is 11.3. The summed E-state index contributed by atoms with van der Waals surface area (Å²) in [5, 5.41) is 8.26. The molecule has 1 aliphatic heterocycles. The Balaban J connectivity index is 0.00000126. The van der Waals surface area contributed by atoms with Crippen molar-refractivity contribution in [2.75, 3.05) is 18.9 Å². The van der Waals surface area contributed by atoms with Crippen LogP contribution in [0.4, 0.5) is 11.5 Å². The number of primary sulfonamides is 1. The Morgan fingerprint density at radius 1 is 1.33 bits per heavy atom. The molecule has 0 saturated heterocycles. The highest BCUT2D eigenvalue weighted by Crippen LogP contribution is 2.15. The minimum Gasteiger partial charge on any atom is -0.337 e. The first-order valence-corrected chi connectivity index (χ1v) is 9.56. The summed E-state index contributed by atoms with van der Waals surface area (Å²) in [5.41, 5.74) is 8.54. The van der Waals surface area contributed by atoms with Crippen molar-refractivity contribution in [2.24, 2.45) is 10.1 Å². The van der Waals surface area contributed by atoms with Crippen molar-refractivity contribution in [1.82, 2.24) is 20.4 Å². The van der Waals surface area contributed by atoms with Crippen LogP contribution in [0.1, 0.15) is 0 Å². The molecule has 0 aliphatic carbocycles. The van der Waals surface area contributed by atoms with Gasteiger partial charge in [-0.3, -0.25) is 4.99 Å². The molecule has 0 bridgehead atoms. The summed E-state index contributed by atoms with van der Waals surface area (Å²) in [5.74, 6) is 0.577. The van der Waals surface area contributed by atoms with E-state index in [1.54, 1.807) is 25.4 Å². The van der Waals surface area contributed by atoms with Crippen molar-refractivity contribution in [2.45, 2.75) is 11.4 Å². The van der Waals surface area contributed by atoms with E-state index in [0.717, 1.165) is 6.54 Å². The van der Waals surface area contributed by atoms with E-state index in [2.05, 4.69) is 39.3 Å². The number of sulfonamides is 1. The Labute approximate surface area is 158 Å². The van der Waals surface area contributed by atoms with Gasteiger partial charge < -0.3 is 15.3 Å². The van der Waals surface area contributed by atoms with E-state index in [-0.39, 0.29) is 4.90 Å². The third kappa shape index (κ3) is 5.26. The lowest BCUT2D eigenvalue weighted by atomic mass is 10.3. The Kier molecular flexibility index (Phi) is 6.88. The molecular weight excluding hydrogens is 366 g/mol. The summed E-state index contributed by atoms with van der Waals surface area (Å²) < 4.78 is 24.6. The van der Waals surface area contributed by atoms with Crippen LogP contribution in [0, 0.1) is 0 Å². The normalized spacial score (nSPS) is 14.0. The molecule has 10 heteroatoms. The maximum Gasteiger partial charge on any atom is 0.238 e. The van der Waals surface area contributed by atoms with Crippen LogP contribution in [0.2, 0.25) is 0 Å². The lowest BCUT2D eigenvalue weighted by Crippen LogP contribution is -2.26. The largest absolute Gasteiger partial charge is 0.337 e. The SMILES string of the molecule is C=C.CN=c1c(Nc2ccc(S(N)(=O)=O)cc2)nccn1CC1=CNNC1. The lowest BCUT2D eigenvalue weighted by Gasteiger charge is -2.12. The van der Waals surface area contributed by atoms with Gasteiger partial charge in [0.1, 0.15) is 0 Å². The van der Waals surface area contributed by atoms with Crippen LogP contribution in [0.5, 0.6) is 0 Å². The molecule has 3 rings (SSSR count). The second kappa shape index (κ2) is 9.12. The molecule has 1 aromatic heterocycles. The third-order valence-electron chi connectivity index (χ3n) is 3.66. The molecule has 0 radical (unpaired) electrons. The number of anilines is 2. The summed E-state index contributed by atoms with van der Waals surface area (Å²) in [7, 11) is -2.01. The Hall–Kier alpha value is -2.95. The fraction of sp³-hybridized carbons (Fsp3) is 0.176. The monoisotopic (exact) mass is 389 g/mol. The van der Waals surface area contributed by atoms with Crippen molar-refractivity contribution in [1.29, 1.82) is 0 Å². The van der Waals surface area contributed by atoms with E-state index in [4.69, 9.17) is 5.14 Å². The first-order valence-electron chi connectivity index (χ1n) is 8.02. The van der Waals surface area contributed by atoms with Gasteiger partial charge in [0, 0.05) is 44.4 Å². The van der Waals surface area contributed by atoms with Gasteiger partial charge in [-0.2, -0.15) is 0 Å². The molecule has 2 heterocycles. The van der Waals surface area contributed by atoms with Crippen LogP contribution in [0.15, 0.2) is 71.5 Å². The van der Waals surface area contributed by atoms with Gasteiger partial charge in [-0.1, -0.05) is 0 Å². The minimum atomic E-state index is -3.71. The van der Waals surface area contributed by atoms with E-state index in [0.29, 0.717) is 23.5 Å². The van der Waals surface area contributed by atoms with Crippen LogP contribution < -0.4 is 26.8 Å². The van der Waals surface area contributed by atoms with E-state index in [9.17, 15) is 8.42 Å². The van der Waals surface area contributed by atoms with Crippen LogP contribution in [-0.4, -0.2) is 31.6 Å². The number of benzene rings is 1. The maximum atomic E-state index is 11.3. The zero-order valence-electron chi connectivity index (χ0n) is 15.0. The van der Waals surface area contributed by atoms with E-state index < -0.39 is 10.0 Å². The van der Waals surface area contributed by atoms with Gasteiger partial charge in [0.05, 0.1) is 4.90 Å².